The zero-order chi connectivity index (χ0) is 16.6. The number of hydrogen-bond donors (Lipinski definition) is 2. The van der Waals surface area contributed by atoms with Gasteiger partial charge in [0, 0.05) is 24.9 Å². The average molecular weight is 316 g/mol. The first-order valence-electron chi connectivity index (χ1n) is 8.10. The van der Waals surface area contributed by atoms with Crippen LogP contribution in [0.4, 0.5) is 0 Å². The van der Waals surface area contributed by atoms with Gasteiger partial charge in [0.15, 0.2) is 0 Å². The maximum Gasteiger partial charge on any atom is 0.213 e. The molecule has 23 heavy (non-hydrogen) atoms. The van der Waals surface area contributed by atoms with E-state index in [1.54, 1.807) is 14.0 Å². The molecule has 1 aromatic heterocycles. The zero-order valence-electron chi connectivity index (χ0n) is 13.9. The first-order valence-corrected chi connectivity index (χ1v) is 8.10. The van der Waals surface area contributed by atoms with Crippen LogP contribution < -0.4 is 10.1 Å². The number of nitrogens with one attached hydrogen (secondary N) is 1. The van der Waals surface area contributed by atoms with Gasteiger partial charge >= 0.3 is 0 Å². The highest BCUT2D eigenvalue weighted by Gasteiger charge is 2.50. The number of aliphatic hydroxyl groups excluding tert-OH is 1. The Morgan fingerprint density at radius 3 is 3.00 bits per heavy atom. The standard InChI is InChI=1S/C18H24N2O3/c1-11-8-13-9-15-14(4-5-16(20-15)23-3)18(10-11,17(13)22)19-7-6-12(2)21/h4-5,8,13,17,19,22H,6-7,9-10H2,1-3H3/t13-,17-,18-/m0/s1. The lowest BCUT2D eigenvalue weighted by Crippen LogP contribution is -2.59. The third-order valence-electron chi connectivity index (χ3n) is 4.95. The molecule has 2 aliphatic carbocycles. The Balaban J connectivity index is 2.02. The molecule has 3 rings (SSSR count). The maximum absolute atomic E-state index is 11.3. The molecule has 5 heteroatoms. The van der Waals surface area contributed by atoms with Gasteiger partial charge in [0.25, 0.3) is 0 Å². The number of carbonyl (C=O) groups is 1. The highest BCUT2D eigenvalue weighted by Crippen LogP contribution is 2.46. The number of carbonyl (C=O) groups excluding carboxylic acids is 1. The topological polar surface area (TPSA) is 71.5 Å². The second-order valence-electron chi connectivity index (χ2n) is 6.70. The van der Waals surface area contributed by atoms with Crippen molar-refractivity contribution in [2.24, 2.45) is 5.92 Å². The molecule has 0 amide bonds. The summed E-state index contributed by atoms with van der Waals surface area (Å²) in [6, 6.07) is 3.84. The lowest BCUT2D eigenvalue weighted by Gasteiger charge is -2.49. The van der Waals surface area contributed by atoms with Crippen molar-refractivity contribution in [2.45, 2.75) is 44.8 Å². The number of ether oxygens (including phenoxy) is 1. The van der Waals surface area contributed by atoms with Crippen molar-refractivity contribution in [2.75, 3.05) is 13.7 Å². The Hall–Kier alpha value is -1.72. The molecule has 0 aliphatic heterocycles. The minimum absolute atomic E-state index is 0.0423. The minimum Gasteiger partial charge on any atom is -0.481 e. The van der Waals surface area contributed by atoms with Crippen LogP contribution in [0.3, 0.4) is 0 Å². The van der Waals surface area contributed by atoms with Gasteiger partial charge in [-0.15, -0.1) is 0 Å². The van der Waals surface area contributed by atoms with Crippen LogP contribution in [0.5, 0.6) is 5.88 Å². The molecule has 2 N–H and O–H groups in total. The van der Waals surface area contributed by atoms with Crippen molar-refractivity contribution < 1.29 is 14.6 Å². The molecule has 124 valence electrons. The quantitative estimate of drug-likeness (QED) is 0.810. The summed E-state index contributed by atoms with van der Waals surface area (Å²) in [7, 11) is 1.61. The molecule has 0 aromatic carbocycles. The molecule has 0 spiro atoms. The molecular formula is C18H24N2O3. The largest absolute Gasteiger partial charge is 0.481 e. The van der Waals surface area contributed by atoms with Crippen LogP contribution in [0, 0.1) is 5.92 Å². The molecule has 3 atom stereocenters. The van der Waals surface area contributed by atoms with E-state index in [2.05, 4.69) is 23.3 Å². The van der Waals surface area contributed by atoms with Gasteiger partial charge in [-0.25, -0.2) is 4.98 Å². The molecule has 1 aromatic rings. The van der Waals surface area contributed by atoms with Crippen molar-refractivity contribution in [3.05, 3.63) is 35.0 Å². The van der Waals surface area contributed by atoms with Crippen molar-refractivity contribution in [1.82, 2.24) is 10.3 Å². The fourth-order valence-corrected chi connectivity index (χ4v) is 3.95. The second-order valence-corrected chi connectivity index (χ2v) is 6.70. The molecule has 2 aliphatic rings. The van der Waals surface area contributed by atoms with Gasteiger partial charge < -0.3 is 15.2 Å². The Labute approximate surface area is 136 Å². The first-order chi connectivity index (χ1) is 11.0. The lowest BCUT2D eigenvalue weighted by molar-refractivity contribution is -0.117. The van der Waals surface area contributed by atoms with Gasteiger partial charge in [-0.3, -0.25) is 4.79 Å². The molecule has 0 saturated heterocycles. The number of nitrogens with zero attached hydrogens (tertiary/aromatic N) is 1. The van der Waals surface area contributed by atoms with E-state index < -0.39 is 11.6 Å². The van der Waals surface area contributed by atoms with Crippen LogP contribution in [-0.4, -0.2) is 35.6 Å². The minimum atomic E-state index is -0.564. The van der Waals surface area contributed by atoms with E-state index in [4.69, 9.17) is 4.74 Å². The van der Waals surface area contributed by atoms with Crippen molar-refractivity contribution in [3.63, 3.8) is 0 Å². The predicted molar refractivity (Wildman–Crippen MR) is 87.3 cm³/mol. The van der Waals surface area contributed by atoms with Crippen LogP contribution in [0.1, 0.15) is 37.9 Å². The summed E-state index contributed by atoms with van der Waals surface area (Å²) in [6.45, 7) is 4.24. The molecule has 0 fully saturated rings. The van der Waals surface area contributed by atoms with E-state index >= 15 is 0 Å². The smallest absolute Gasteiger partial charge is 0.213 e. The Bertz CT molecular complexity index is 656. The first kappa shape index (κ1) is 16.1. The SMILES string of the molecule is COc1ccc2c(n1)C[C@@H]1C=C(C)C[C@@]2(NCCC(C)=O)[C@H]1O. The highest BCUT2D eigenvalue weighted by molar-refractivity contribution is 5.75. The van der Waals surface area contributed by atoms with Crippen molar-refractivity contribution in [1.29, 1.82) is 0 Å². The third kappa shape index (κ3) is 2.79. The number of ketones is 1. The number of Topliss-reactive ketones (excluding diaryl/α,β-unsaturated/α-hetero) is 1. The van der Waals surface area contributed by atoms with Gasteiger partial charge in [-0.05, 0) is 38.3 Å². The van der Waals surface area contributed by atoms with Gasteiger partial charge in [-0.1, -0.05) is 11.6 Å². The van der Waals surface area contributed by atoms with Crippen molar-refractivity contribution in [3.8, 4) is 5.88 Å². The highest BCUT2D eigenvalue weighted by atomic mass is 16.5. The summed E-state index contributed by atoms with van der Waals surface area (Å²) >= 11 is 0. The van der Waals surface area contributed by atoms with Crippen LogP contribution in [-0.2, 0) is 16.8 Å². The molecule has 2 bridgehead atoms. The maximum atomic E-state index is 11.3. The Morgan fingerprint density at radius 2 is 2.30 bits per heavy atom. The number of aromatic nitrogens is 1. The number of methoxy groups -OCH3 is 1. The third-order valence-corrected chi connectivity index (χ3v) is 4.95. The number of pyridine rings is 1. The molecule has 0 unspecified atom stereocenters. The lowest BCUT2D eigenvalue weighted by atomic mass is 9.64. The normalized spacial score (nSPS) is 28.8. The molecule has 1 heterocycles. The predicted octanol–water partition coefficient (Wildman–Crippen LogP) is 1.74. The zero-order valence-corrected chi connectivity index (χ0v) is 13.9. The average Bonchev–Trinajstić information content (AvgIpc) is 2.49. The number of fused-ring (bicyclic) bond motifs is 4. The summed E-state index contributed by atoms with van der Waals surface area (Å²) in [5, 5.41) is 14.4. The van der Waals surface area contributed by atoms with Gasteiger partial charge in [0.2, 0.25) is 5.88 Å². The van der Waals surface area contributed by atoms with Crippen LogP contribution in [0.15, 0.2) is 23.8 Å². The number of hydrogen-bond acceptors (Lipinski definition) is 5. The fourth-order valence-electron chi connectivity index (χ4n) is 3.95. The summed E-state index contributed by atoms with van der Waals surface area (Å²) in [5.41, 5.74) is 2.69. The van der Waals surface area contributed by atoms with Gasteiger partial charge in [0.05, 0.1) is 24.4 Å². The summed E-state index contributed by atoms with van der Waals surface area (Å²) in [5.74, 6) is 0.783. The molecule has 0 saturated carbocycles. The summed E-state index contributed by atoms with van der Waals surface area (Å²) in [4.78, 5) is 15.9. The van der Waals surface area contributed by atoms with E-state index in [1.165, 1.54) is 5.57 Å². The van der Waals surface area contributed by atoms with E-state index in [9.17, 15) is 9.90 Å². The number of aliphatic hydroxyl groups is 1. The van der Waals surface area contributed by atoms with Crippen molar-refractivity contribution >= 4 is 5.78 Å². The monoisotopic (exact) mass is 316 g/mol. The summed E-state index contributed by atoms with van der Waals surface area (Å²) in [6.07, 6.45) is 3.53. The molecule has 5 nitrogen and oxygen atoms in total. The van der Waals surface area contributed by atoms with Crippen LogP contribution in [0.25, 0.3) is 0 Å². The Morgan fingerprint density at radius 1 is 1.52 bits per heavy atom. The molecular weight excluding hydrogens is 292 g/mol. The Kier molecular flexibility index (Phi) is 4.25. The van der Waals surface area contributed by atoms with Crippen LogP contribution >= 0.6 is 0 Å². The second kappa shape index (κ2) is 6.06. The van der Waals surface area contributed by atoms with E-state index in [0.717, 1.165) is 17.7 Å². The van der Waals surface area contributed by atoms with Crippen LogP contribution in [0.2, 0.25) is 0 Å². The van der Waals surface area contributed by atoms with E-state index in [1.807, 2.05) is 12.1 Å². The fraction of sp³-hybridized carbons (Fsp3) is 0.556. The molecule has 0 radical (unpaired) electrons. The van der Waals surface area contributed by atoms with Gasteiger partial charge in [-0.2, -0.15) is 0 Å². The number of rotatable bonds is 5. The summed E-state index contributed by atoms with van der Waals surface area (Å²) < 4.78 is 5.24. The van der Waals surface area contributed by atoms with E-state index in [-0.39, 0.29) is 11.7 Å². The van der Waals surface area contributed by atoms with E-state index in [0.29, 0.717) is 25.3 Å². The van der Waals surface area contributed by atoms with Gasteiger partial charge in [0.1, 0.15) is 5.78 Å².